The Bertz CT molecular complexity index is 717. The van der Waals surface area contributed by atoms with E-state index in [1.54, 1.807) is 12.1 Å². The van der Waals surface area contributed by atoms with E-state index in [1.165, 1.54) is 40.1 Å². The number of nitrogens with zero attached hydrogens (tertiary/aromatic N) is 1. The van der Waals surface area contributed by atoms with Crippen molar-refractivity contribution in [3.63, 3.8) is 0 Å². The van der Waals surface area contributed by atoms with Crippen LogP contribution in [0.25, 0.3) is 0 Å². The molecule has 7 nitrogen and oxygen atoms in total. The number of rotatable bonds is 8. The van der Waals surface area contributed by atoms with Crippen LogP contribution in [0.15, 0.2) is 29.2 Å². The van der Waals surface area contributed by atoms with Gasteiger partial charge in [-0.1, -0.05) is 12.1 Å². The largest absolute Gasteiger partial charge is 0.389 e. The van der Waals surface area contributed by atoms with E-state index < -0.39 is 25.6 Å². The molecule has 2 N–H and O–H groups in total. The maximum atomic E-state index is 11.9. The summed E-state index contributed by atoms with van der Waals surface area (Å²) in [6.45, 7) is 2.97. The predicted molar refractivity (Wildman–Crippen MR) is 89.1 cm³/mol. The molecule has 0 amide bonds. The van der Waals surface area contributed by atoms with Gasteiger partial charge in [-0.15, -0.1) is 0 Å². The molecule has 0 bridgehead atoms. The van der Waals surface area contributed by atoms with E-state index in [0.29, 0.717) is 0 Å². The molecule has 0 radical (unpaired) electrons. The van der Waals surface area contributed by atoms with Crippen LogP contribution in [0.1, 0.15) is 19.4 Å². The Kier molecular flexibility index (Phi) is 6.33. The number of aliphatic hydroxyl groups is 1. The summed E-state index contributed by atoms with van der Waals surface area (Å²) in [4.78, 5) is 0.161. The molecule has 1 aromatic rings. The van der Waals surface area contributed by atoms with Gasteiger partial charge < -0.3 is 5.11 Å². The molecule has 0 aromatic heterocycles. The Morgan fingerprint density at radius 1 is 1.09 bits per heavy atom. The van der Waals surface area contributed by atoms with Crippen molar-refractivity contribution in [2.75, 3.05) is 26.4 Å². The van der Waals surface area contributed by atoms with Crippen molar-refractivity contribution in [1.82, 2.24) is 9.03 Å². The molecule has 23 heavy (non-hydrogen) atoms. The Labute approximate surface area is 138 Å². The molecule has 1 aromatic carbocycles. The molecule has 1 rings (SSSR count). The normalized spacial score (nSPS) is 13.5. The lowest BCUT2D eigenvalue weighted by atomic mass is 10.1. The zero-order valence-electron chi connectivity index (χ0n) is 13.8. The summed E-state index contributed by atoms with van der Waals surface area (Å²) in [5, 5.41) is 9.53. The standard InChI is InChI=1S/C14H24N2O5S2/c1-14(2,17)11-15-22(18,19)10-9-12-5-7-13(8-6-12)23(20,21)16(3)4/h5-8,15,17H,9-11H2,1-4H3. The Morgan fingerprint density at radius 2 is 1.61 bits per heavy atom. The van der Waals surface area contributed by atoms with Crippen LogP contribution in [0.2, 0.25) is 0 Å². The van der Waals surface area contributed by atoms with Crippen molar-refractivity contribution in [1.29, 1.82) is 0 Å². The van der Waals surface area contributed by atoms with Gasteiger partial charge in [0.15, 0.2) is 0 Å². The minimum atomic E-state index is -3.50. The van der Waals surface area contributed by atoms with Gasteiger partial charge in [0.25, 0.3) is 0 Å². The minimum absolute atomic E-state index is 0.0602. The Morgan fingerprint density at radius 3 is 2.04 bits per heavy atom. The SMILES string of the molecule is CN(C)S(=O)(=O)c1ccc(CCS(=O)(=O)NCC(C)(C)O)cc1. The van der Waals surface area contributed by atoms with Crippen LogP contribution in [-0.4, -0.2) is 58.2 Å². The molecule has 0 saturated carbocycles. The summed E-state index contributed by atoms with van der Waals surface area (Å²) >= 11 is 0. The highest BCUT2D eigenvalue weighted by Gasteiger charge is 2.19. The molecular weight excluding hydrogens is 340 g/mol. The highest BCUT2D eigenvalue weighted by atomic mass is 32.2. The highest BCUT2D eigenvalue weighted by Crippen LogP contribution is 2.14. The fraction of sp³-hybridized carbons (Fsp3) is 0.571. The van der Waals surface area contributed by atoms with E-state index in [9.17, 15) is 21.9 Å². The lowest BCUT2D eigenvalue weighted by Crippen LogP contribution is -2.39. The van der Waals surface area contributed by atoms with Crippen LogP contribution in [0.4, 0.5) is 0 Å². The van der Waals surface area contributed by atoms with Crippen LogP contribution >= 0.6 is 0 Å². The van der Waals surface area contributed by atoms with Crippen molar-refractivity contribution in [2.45, 2.75) is 30.8 Å². The van der Waals surface area contributed by atoms with Gasteiger partial charge in [-0.05, 0) is 38.0 Å². The Balaban J connectivity index is 2.70. The quantitative estimate of drug-likeness (QED) is 0.684. The van der Waals surface area contributed by atoms with E-state index in [0.717, 1.165) is 9.87 Å². The zero-order valence-corrected chi connectivity index (χ0v) is 15.4. The summed E-state index contributed by atoms with van der Waals surface area (Å²) < 4.78 is 51.0. The molecule has 0 aliphatic rings. The monoisotopic (exact) mass is 364 g/mol. The maximum Gasteiger partial charge on any atom is 0.242 e. The van der Waals surface area contributed by atoms with Gasteiger partial charge in [0.05, 0.1) is 16.2 Å². The first kappa shape index (κ1) is 20.0. The van der Waals surface area contributed by atoms with E-state index in [4.69, 9.17) is 0 Å². The number of hydrogen-bond acceptors (Lipinski definition) is 5. The van der Waals surface area contributed by atoms with Gasteiger partial charge in [0.2, 0.25) is 20.0 Å². The van der Waals surface area contributed by atoms with Crippen molar-refractivity contribution in [3.8, 4) is 0 Å². The van der Waals surface area contributed by atoms with Crippen molar-refractivity contribution < 1.29 is 21.9 Å². The number of sulfonamides is 2. The zero-order chi connectivity index (χ0) is 17.9. The predicted octanol–water partition coefficient (Wildman–Crippen LogP) is 0.170. The lowest BCUT2D eigenvalue weighted by molar-refractivity contribution is 0.0857. The van der Waals surface area contributed by atoms with Gasteiger partial charge in [-0.25, -0.2) is 25.9 Å². The minimum Gasteiger partial charge on any atom is -0.389 e. The van der Waals surface area contributed by atoms with Crippen LogP contribution in [0.3, 0.4) is 0 Å². The number of benzene rings is 1. The first-order valence-corrected chi connectivity index (χ1v) is 10.1. The highest BCUT2D eigenvalue weighted by molar-refractivity contribution is 7.89. The maximum absolute atomic E-state index is 11.9. The summed E-state index contributed by atoms with van der Waals surface area (Å²) in [5.41, 5.74) is -0.397. The first-order valence-electron chi connectivity index (χ1n) is 7.05. The third-order valence-corrected chi connectivity index (χ3v) is 6.24. The van der Waals surface area contributed by atoms with E-state index >= 15 is 0 Å². The van der Waals surface area contributed by atoms with Gasteiger partial charge >= 0.3 is 0 Å². The second-order valence-corrected chi connectivity index (χ2v) is 10.2. The third-order valence-electron chi connectivity index (χ3n) is 3.09. The van der Waals surface area contributed by atoms with E-state index in [1.807, 2.05) is 0 Å². The van der Waals surface area contributed by atoms with Gasteiger partial charge in [0, 0.05) is 20.6 Å². The Hall–Kier alpha value is -1.00. The van der Waals surface area contributed by atoms with Crippen LogP contribution in [-0.2, 0) is 26.5 Å². The van der Waals surface area contributed by atoms with Crippen LogP contribution in [0.5, 0.6) is 0 Å². The van der Waals surface area contributed by atoms with Crippen molar-refractivity contribution in [3.05, 3.63) is 29.8 Å². The molecule has 0 atom stereocenters. The second-order valence-electron chi connectivity index (χ2n) is 6.13. The molecule has 9 heteroatoms. The third kappa shape index (κ3) is 6.56. The average Bonchev–Trinajstić information content (AvgIpc) is 2.43. The van der Waals surface area contributed by atoms with Crippen LogP contribution in [0, 0.1) is 0 Å². The van der Waals surface area contributed by atoms with Gasteiger partial charge in [-0.3, -0.25) is 0 Å². The smallest absolute Gasteiger partial charge is 0.242 e. The summed E-state index contributed by atoms with van der Waals surface area (Å²) in [6, 6.07) is 6.12. The molecular formula is C14H24N2O5S2. The number of hydrogen-bond donors (Lipinski definition) is 2. The van der Waals surface area contributed by atoms with Gasteiger partial charge in [0.1, 0.15) is 0 Å². The van der Waals surface area contributed by atoms with Gasteiger partial charge in [-0.2, -0.15) is 0 Å². The number of nitrogens with one attached hydrogen (secondary N) is 1. The molecule has 0 fully saturated rings. The first-order chi connectivity index (χ1) is 10.3. The topological polar surface area (TPSA) is 104 Å². The van der Waals surface area contributed by atoms with E-state index in [-0.39, 0.29) is 23.6 Å². The van der Waals surface area contributed by atoms with Crippen molar-refractivity contribution >= 4 is 20.0 Å². The molecule has 0 saturated heterocycles. The molecule has 0 unspecified atom stereocenters. The molecule has 0 aliphatic carbocycles. The summed E-state index contributed by atoms with van der Waals surface area (Å²) in [7, 11) is -4.09. The summed E-state index contributed by atoms with van der Waals surface area (Å²) in [6.07, 6.45) is 0.253. The molecule has 0 spiro atoms. The average molecular weight is 364 g/mol. The fourth-order valence-electron chi connectivity index (χ4n) is 1.65. The van der Waals surface area contributed by atoms with Crippen LogP contribution < -0.4 is 4.72 Å². The summed E-state index contributed by atoms with van der Waals surface area (Å²) in [5.74, 6) is -0.136. The fourth-order valence-corrected chi connectivity index (χ4v) is 3.77. The van der Waals surface area contributed by atoms with Crippen molar-refractivity contribution in [2.24, 2.45) is 0 Å². The molecule has 0 aliphatic heterocycles. The lowest BCUT2D eigenvalue weighted by Gasteiger charge is -2.17. The molecule has 132 valence electrons. The molecule has 0 heterocycles. The second kappa shape index (κ2) is 7.27. The number of aryl methyl sites for hydroxylation is 1. The van der Waals surface area contributed by atoms with E-state index in [2.05, 4.69) is 4.72 Å².